The van der Waals surface area contributed by atoms with Gasteiger partial charge in [0.15, 0.2) is 0 Å². The molecular formula is C3H2BNOS. The van der Waals surface area contributed by atoms with Crippen LogP contribution in [0.5, 0.6) is 0 Å². The first kappa shape index (κ1) is 4.65. The van der Waals surface area contributed by atoms with E-state index in [1.165, 1.54) is 6.26 Å². The van der Waals surface area contributed by atoms with E-state index in [0.29, 0.717) is 10.4 Å². The van der Waals surface area contributed by atoms with Gasteiger partial charge in [0.05, 0.1) is 0 Å². The van der Waals surface area contributed by atoms with Crippen LogP contribution in [0, 0.1) is 4.84 Å². The summed E-state index contributed by atoms with van der Waals surface area (Å²) in [6.07, 6.45) is 1.36. The van der Waals surface area contributed by atoms with E-state index < -0.39 is 0 Å². The van der Waals surface area contributed by atoms with Crippen LogP contribution in [-0.2, 0) is 0 Å². The molecule has 0 aromatic carbocycles. The van der Waals surface area contributed by atoms with Gasteiger partial charge in [-0.1, -0.05) is 0 Å². The Kier molecular flexibility index (Phi) is 1.02. The van der Waals surface area contributed by atoms with E-state index in [9.17, 15) is 0 Å². The van der Waals surface area contributed by atoms with Crippen molar-refractivity contribution in [3.63, 3.8) is 0 Å². The maximum Gasteiger partial charge on any atom is 0.265 e. The van der Waals surface area contributed by atoms with Crippen molar-refractivity contribution < 1.29 is 4.42 Å². The molecular weight excluding hydrogens is 109 g/mol. The van der Waals surface area contributed by atoms with Crippen LogP contribution < -0.4 is 5.59 Å². The molecule has 7 heavy (non-hydrogen) atoms. The molecule has 1 heterocycles. The van der Waals surface area contributed by atoms with Crippen LogP contribution in [0.4, 0.5) is 0 Å². The second-order valence-corrected chi connectivity index (χ2v) is 1.47. The summed E-state index contributed by atoms with van der Waals surface area (Å²) in [6, 6.07) is 0. The van der Waals surface area contributed by atoms with E-state index in [4.69, 9.17) is 7.85 Å². The minimum Gasteiger partial charge on any atom is -0.439 e. The lowest BCUT2D eigenvalue weighted by Crippen LogP contribution is -1.99. The van der Waals surface area contributed by atoms with Crippen molar-refractivity contribution in [3.8, 4) is 0 Å². The molecule has 1 N–H and O–H groups in total. The van der Waals surface area contributed by atoms with Gasteiger partial charge in [0, 0.05) is 5.59 Å². The van der Waals surface area contributed by atoms with Crippen LogP contribution in [0.3, 0.4) is 0 Å². The zero-order chi connectivity index (χ0) is 5.28. The fraction of sp³-hybridized carbons (Fsp3) is 0. The van der Waals surface area contributed by atoms with Crippen molar-refractivity contribution in [3.05, 3.63) is 11.1 Å². The molecule has 0 spiro atoms. The number of H-pyrrole nitrogens is 1. The number of aromatic amines is 1. The number of hydrogen-bond donors (Lipinski definition) is 1. The topological polar surface area (TPSA) is 28.9 Å². The molecule has 0 aliphatic rings. The van der Waals surface area contributed by atoms with Gasteiger partial charge in [-0.15, -0.1) is 0 Å². The van der Waals surface area contributed by atoms with Gasteiger partial charge in [-0.05, 0) is 12.2 Å². The lowest BCUT2D eigenvalue weighted by atomic mass is 10.1. The molecule has 1 aromatic rings. The lowest BCUT2D eigenvalue weighted by molar-refractivity contribution is 0.541. The highest BCUT2D eigenvalue weighted by Gasteiger charge is 1.80. The Hall–Kier alpha value is -0.505. The van der Waals surface area contributed by atoms with E-state index in [1.54, 1.807) is 0 Å². The fourth-order valence-electron chi connectivity index (χ4n) is 0.294. The summed E-state index contributed by atoms with van der Waals surface area (Å²) < 4.78 is 4.60. The van der Waals surface area contributed by atoms with E-state index in [-0.39, 0.29) is 0 Å². The van der Waals surface area contributed by atoms with Gasteiger partial charge < -0.3 is 9.40 Å². The second kappa shape index (κ2) is 1.54. The van der Waals surface area contributed by atoms with Crippen molar-refractivity contribution in [1.82, 2.24) is 4.98 Å². The predicted molar refractivity (Wildman–Crippen MR) is 29.3 cm³/mol. The highest BCUT2D eigenvalue weighted by molar-refractivity contribution is 7.71. The first-order chi connectivity index (χ1) is 3.29. The molecule has 2 nitrogen and oxygen atoms in total. The fourth-order valence-corrected chi connectivity index (χ4v) is 0.460. The van der Waals surface area contributed by atoms with Crippen molar-refractivity contribution >= 4 is 25.7 Å². The molecule has 0 unspecified atom stereocenters. The summed E-state index contributed by atoms with van der Waals surface area (Å²) in [5.74, 6) is 0. The largest absolute Gasteiger partial charge is 0.439 e. The van der Waals surface area contributed by atoms with Crippen molar-refractivity contribution in [2.75, 3.05) is 0 Å². The van der Waals surface area contributed by atoms with Crippen LogP contribution in [0.1, 0.15) is 0 Å². The van der Waals surface area contributed by atoms with Crippen molar-refractivity contribution in [2.24, 2.45) is 0 Å². The summed E-state index contributed by atoms with van der Waals surface area (Å²) in [4.78, 5) is 2.88. The molecule has 1 rings (SSSR count). The highest BCUT2D eigenvalue weighted by Crippen LogP contribution is 1.77. The van der Waals surface area contributed by atoms with E-state index in [2.05, 4.69) is 21.6 Å². The van der Waals surface area contributed by atoms with Gasteiger partial charge in [-0.2, -0.15) is 0 Å². The molecule has 0 atom stereocenters. The Morgan fingerprint density at radius 1 is 1.86 bits per heavy atom. The van der Waals surface area contributed by atoms with E-state index in [1.807, 2.05) is 0 Å². The van der Waals surface area contributed by atoms with Gasteiger partial charge in [-0.3, -0.25) is 0 Å². The summed E-state index contributed by atoms with van der Waals surface area (Å²) >= 11 is 4.53. The SMILES string of the molecule is [B]c1coc(=S)[nH]1. The zero-order valence-corrected chi connectivity index (χ0v) is 4.29. The maximum atomic E-state index is 5.16. The van der Waals surface area contributed by atoms with Gasteiger partial charge in [-0.25, -0.2) is 0 Å². The molecule has 0 fully saturated rings. The number of nitrogens with one attached hydrogen (secondary N) is 1. The van der Waals surface area contributed by atoms with E-state index in [0.717, 1.165) is 0 Å². The first-order valence-corrected chi connectivity index (χ1v) is 2.13. The normalized spacial score (nSPS) is 9.14. The molecule has 2 radical (unpaired) electrons. The Morgan fingerprint density at radius 3 is 2.71 bits per heavy atom. The molecule has 0 saturated carbocycles. The maximum absolute atomic E-state index is 5.16. The number of hydrogen-bond acceptors (Lipinski definition) is 2. The zero-order valence-electron chi connectivity index (χ0n) is 3.47. The van der Waals surface area contributed by atoms with Crippen LogP contribution in [0.25, 0.3) is 0 Å². The Balaban J connectivity index is 3.30. The lowest BCUT2D eigenvalue weighted by Gasteiger charge is -1.66. The number of oxazole rings is 1. The average molecular weight is 111 g/mol. The molecule has 1 aromatic heterocycles. The standard InChI is InChI=1S/C3H2BNOS/c4-2-1-6-3(7)5-2/h1H,(H,5,7). The van der Waals surface area contributed by atoms with Gasteiger partial charge >= 0.3 is 0 Å². The van der Waals surface area contributed by atoms with Crippen LogP contribution in [0.15, 0.2) is 10.7 Å². The van der Waals surface area contributed by atoms with Gasteiger partial charge in [0.1, 0.15) is 14.1 Å². The first-order valence-electron chi connectivity index (χ1n) is 1.72. The van der Waals surface area contributed by atoms with Crippen molar-refractivity contribution in [1.29, 1.82) is 0 Å². The summed E-state index contributed by atoms with van der Waals surface area (Å²) in [6.45, 7) is 0. The predicted octanol–water partition coefficient (Wildman–Crippen LogP) is 0.131. The summed E-state index contributed by atoms with van der Waals surface area (Å²) in [7, 11) is 5.16. The van der Waals surface area contributed by atoms with Crippen LogP contribution >= 0.6 is 12.2 Å². The van der Waals surface area contributed by atoms with Gasteiger partial charge in [0.2, 0.25) is 0 Å². The highest BCUT2D eigenvalue weighted by atomic mass is 32.1. The smallest absolute Gasteiger partial charge is 0.265 e. The van der Waals surface area contributed by atoms with Gasteiger partial charge in [0.25, 0.3) is 4.84 Å². The number of aromatic nitrogens is 1. The third kappa shape index (κ3) is 0.930. The molecule has 4 heteroatoms. The molecule has 0 bridgehead atoms. The average Bonchev–Trinajstić information content (AvgIpc) is 1.87. The van der Waals surface area contributed by atoms with Crippen molar-refractivity contribution in [2.45, 2.75) is 0 Å². The molecule has 34 valence electrons. The Morgan fingerprint density at radius 2 is 2.57 bits per heavy atom. The monoisotopic (exact) mass is 111 g/mol. The molecule has 0 amide bonds. The van der Waals surface area contributed by atoms with E-state index >= 15 is 0 Å². The molecule has 0 aliphatic heterocycles. The molecule has 0 saturated heterocycles. The second-order valence-electron chi connectivity index (χ2n) is 1.10. The quantitative estimate of drug-likeness (QED) is 0.380. The minimum atomic E-state index is 0.317. The third-order valence-electron chi connectivity index (χ3n) is 0.539. The molecule has 0 aliphatic carbocycles. The number of rotatable bonds is 0. The minimum absolute atomic E-state index is 0.317. The Bertz CT molecular complexity index is 203. The summed E-state index contributed by atoms with van der Waals surface area (Å²) in [5, 5.41) is 0. The van der Waals surface area contributed by atoms with Crippen LogP contribution in [0.2, 0.25) is 0 Å². The third-order valence-corrected chi connectivity index (χ3v) is 0.738. The van der Waals surface area contributed by atoms with Crippen LogP contribution in [-0.4, -0.2) is 12.8 Å². The Labute approximate surface area is 47.0 Å². The summed E-state index contributed by atoms with van der Waals surface area (Å²) in [5.41, 5.74) is 0.463.